The first-order chi connectivity index (χ1) is 10.7. The van der Waals surface area contributed by atoms with Gasteiger partial charge in [0.2, 0.25) is 0 Å². The molecular formula is C19H30N2O. The summed E-state index contributed by atoms with van der Waals surface area (Å²) >= 11 is 0. The van der Waals surface area contributed by atoms with E-state index in [4.69, 9.17) is 10.5 Å². The predicted molar refractivity (Wildman–Crippen MR) is 91.2 cm³/mol. The van der Waals surface area contributed by atoms with Crippen LogP contribution in [0.15, 0.2) is 24.3 Å². The minimum Gasteiger partial charge on any atom is -0.489 e. The summed E-state index contributed by atoms with van der Waals surface area (Å²) in [6.07, 6.45) is 10.2. The van der Waals surface area contributed by atoms with Crippen LogP contribution >= 0.6 is 0 Å². The highest BCUT2D eigenvalue weighted by Crippen LogP contribution is 2.27. The average Bonchev–Trinajstić information content (AvgIpc) is 2.53. The minimum atomic E-state index is 0.281. The van der Waals surface area contributed by atoms with Crippen LogP contribution in [-0.2, 0) is 0 Å². The summed E-state index contributed by atoms with van der Waals surface area (Å²) in [5.74, 6) is 1.04. The van der Waals surface area contributed by atoms with E-state index in [0.717, 1.165) is 18.6 Å². The summed E-state index contributed by atoms with van der Waals surface area (Å²) in [7, 11) is 0. The predicted octanol–water partition coefficient (Wildman–Crippen LogP) is 3.54. The van der Waals surface area contributed by atoms with Crippen molar-refractivity contribution in [3.63, 3.8) is 0 Å². The Hall–Kier alpha value is -1.06. The van der Waals surface area contributed by atoms with Gasteiger partial charge >= 0.3 is 0 Å². The summed E-state index contributed by atoms with van der Waals surface area (Å²) in [4.78, 5) is 0. The van der Waals surface area contributed by atoms with E-state index in [1.807, 2.05) is 0 Å². The summed E-state index contributed by atoms with van der Waals surface area (Å²) < 4.78 is 6.37. The van der Waals surface area contributed by atoms with Gasteiger partial charge in [-0.15, -0.1) is 0 Å². The Bertz CT molecular complexity index is 476. The second-order valence-electron chi connectivity index (χ2n) is 7.03. The van der Waals surface area contributed by atoms with Crippen molar-refractivity contribution >= 4 is 0 Å². The van der Waals surface area contributed by atoms with E-state index in [9.17, 15) is 0 Å². The lowest BCUT2D eigenvalue weighted by molar-refractivity contribution is 0.0995. The highest BCUT2D eigenvalue weighted by atomic mass is 16.5. The third-order valence-corrected chi connectivity index (χ3v) is 5.32. The van der Waals surface area contributed by atoms with E-state index < -0.39 is 0 Å². The van der Waals surface area contributed by atoms with Crippen molar-refractivity contribution in [2.75, 3.05) is 0 Å². The number of para-hydroxylation sites is 1. The Morgan fingerprint density at radius 1 is 0.955 bits per heavy atom. The number of nitrogens with one attached hydrogen (secondary N) is 1. The summed E-state index contributed by atoms with van der Waals surface area (Å²) in [6, 6.07) is 9.58. The maximum Gasteiger partial charge on any atom is 0.122 e. The highest BCUT2D eigenvalue weighted by Gasteiger charge is 2.31. The lowest BCUT2D eigenvalue weighted by Crippen LogP contribution is -2.55. The van der Waals surface area contributed by atoms with Crippen molar-refractivity contribution in [3.05, 3.63) is 29.8 Å². The van der Waals surface area contributed by atoms with Gasteiger partial charge in [0.15, 0.2) is 0 Å². The molecule has 0 saturated heterocycles. The van der Waals surface area contributed by atoms with Gasteiger partial charge in [-0.3, -0.25) is 0 Å². The maximum atomic E-state index is 6.37. The molecule has 3 heteroatoms. The van der Waals surface area contributed by atoms with Crippen molar-refractivity contribution in [2.24, 2.45) is 5.73 Å². The van der Waals surface area contributed by atoms with Crippen LogP contribution in [0.4, 0.5) is 0 Å². The molecule has 3 nitrogen and oxygen atoms in total. The zero-order valence-corrected chi connectivity index (χ0v) is 13.8. The Kier molecular flexibility index (Phi) is 5.37. The fourth-order valence-corrected chi connectivity index (χ4v) is 3.92. The maximum absolute atomic E-state index is 6.37. The SMILES string of the molecule is Cc1ccccc1O[C@@H]1CCCC[C@@H]1N[C@H]1CCCC[C@H]1N. The molecule has 4 atom stereocenters. The molecule has 122 valence electrons. The number of benzene rings is 1. The Morgan fingerprint density at radius 3 is 2.41 bits per heavy atom. The molecule has 2 aliphatic carbocycles. The summed E-state index contributed by atoms with van der Waals surface area (Å²) in [5.41, 5.74) is 7.54. The molecule has 2 fully saturated rings. The number of hydrogen-bond donors (Lipinski definition) is 2. The molecule has 3 rings (SSSR count). The second-order valence-corrected chi connectivity index (χ2v) is 7.03. The molecule has 0 heterocycles. The van der Waals surface area contributed by atoms with Gasteiger partial charge in [-0.25, -0.2) is 0 Å². The lowest BCUT2D eigenvalue weighted by atomic mass is 9.87. The van der Waals surface area contributed by atoms with Crippen LogP contribution in [-0.4, -0.2) is 24.2 Å². The van der Waals surface area contributed by atoms with E-state index in [0.29, 0.717) is 18.1 Å². The molecule has 1 aromatic carbocycles. The van der Waals surface area contributed by atoms with Crippen molar-refractivity contribution in [1.82, 2.24) is 5.32 Å². The molecule has 0 bridgehead atoms. The highest BCUT2D eigenvalue weighted by molar-refractivity contribution is 5.32. The molecule has 0 aromatic heterocycles. The first-order valence-corrected chi connectivity index (χ1v) is 8.98. The van der Waals surface area contributed by atoms with Gasteiger partial charge in [0.25, 0.3) is 0 Å². The molecule has 22 heavy (non-hydrogen) atoms. The van der Waals surface area contributed by atoms with E-state index in [2.05, 4.69) is 36.5 Å². The fourth-order valence-electron chi connectivity index (χ4n) is 3.92. The van der Waals surface area contributed by atoms with Gasteiger partial charge < -0.3 is 15.8 Å². The van der Waals surface area contributed by atoms with Crippen LogP contribution in [0.2, 0.25) is 0 Å². The molecule has 1 aromatic rings. The number of rotatable bonds is 4. The number of nitrogens with two attached hydrogens (primary N) is 1. The van der Waals surface area contributed by atoms with E-state index in [1.165, 1.54) is 44.1 Å². The fraction of sp³-hybridized carbons (Fsp3) is 0.684. The molecular weight excluding hydrogens is 272 g/mol. The molecule has 2 saturated carbocycles. The third kappa shape index (κ3) is 3.82. The van der Waals surface area contributed by atoms with Crippen LogP contribution < -0.4 is 15.8 Å². The standard InChI is InChI=1S/C19H30N2O/c1-14-8-2-6-12-18(14)22-19-13-7-5-11-17(19)21-16-10-4-3-9-15(16)20/h2,6,8,12,15-17,19,21H,3-5,7,9-11,13,20H2,1H3/t15-,16+,17+,19-/m1/s1. The molecule has 0 amide bonds. The van der Waals surface area contributed by atoms with Crippen LogP contribution in [0, 0.1) is 6.92 Å². The van der Waals surface area contributed by atoms with Crippen molar-refractivity contribution in [2.45, 2.75) is 82.5 Å². The van der Waals surface area contributed by atoms with Gasteiger partial charge in [-0.2, -0.15) is 0 Å². The molecule has 3 N–H and O–H groups in total. The van der Waals surface area contributed by atoms with Crippen LogP contribution in [0.25, 0.3) is 0 Å². The van der Waals surface area contributed by atoms with Crippen molar-refractivity contribution in [1.29, 1.82) is 0 Å². The van der Waals surface area contributed by atoms with Gasteiger partial charge in [0, 0.05) is 18.1 Å². The van der Waals surface area contributed by atoms with Gasteiger partial charge in [0.1, 0.15) is 11.9 Å². The van der Waals surface area contributed by atoms with E-state index in [1.54, 1.807) is 0 Å². The number of hydrogen-bond acceptors (Lipinski definition) is 3. The number of aryl methyl sites for hydroxylation is 1. The van der Waals surface area contributed by atoms with E-state index in [-0.39, 0.29) is 6.10 Å². The molecule has 0 unspecified atom stereocenters. The third-order valence-electron chi connectivity index (χ3n) is 5.32. The topological polar surface area (TPSA) is 47.3 Å². The quantitative estimate of drug-likeness (QED) is 0.894. The van der Waals surface area contributed by atoms with Crippen LogP contribution in [0.1, 0.15) is 56.9 Å². The van der Waals surface area contributed by atoms with Crippen molar-refractivity contribution in [3.8, 4) is 5.75 Å². The van der Waals surface area contributed by atoms with Crippen LogP contribution in [0.3, 0.4) is 0 Å². The zero-order chi connectivity index (χ0) is 15.4. The first kappa shape index (κ1) is 15.8. The monoisotopic (exact) mass is 302 g/mol. The van der Waals surface area contributed by atoms with Crippen molar-refractivity contribution < 1.29 is 4.74 Å². The van der Waals surface area contributed by atoms with Gasteiger partial charge in [-0.1, -0.05) is 37.5 Å². The molecule has 2 aliphatic rings. The zero-order valence-electron chi connectivity index (χ0n) is 13.8. The molecule has 0 aliphatic heterocycles. The summed E-state index contributed by atoms with van der Waals surface area (Å²) in [5, 5.41) is 3.85. The second kappa shape index (κ2) is 7.47. The lowest BCUT2D eigenvalue weighted by Gasteiger charge is -2.38. The Labute approximate surface area is 134 Å². The van der Waals surface area contributed by atoms with E-state index >= 15 is 0 Å². The average molecular weight is 302 g/mol. The molecule has 0 spiro atoms. The number of ether oxygens (including phenoxy) is 1. The molecule has 0 radical (unpaired) electrons. The normalized spacial score (nSPS) is 32.6. The first-order valence-electron chi connectivity index (χ1n) is 8.98. The van der Waals surface area contributed by atoms with Gasteiger partial charge in [0.05, 0.1) is 0 Å². The summed E-state index contributed by atoms with van der Waals surface area (Å²) in [6.45, 7) is 2.12. The Balaban J connectivity index is 1.64. The minimum absolute atomic E-state index is 0.281. The van der Waals surface area contributed by atoms with Crippen LogP contribution in [0.5, 0.6) is 5.75 Å². The van der Waals surface area contributed by atoms with Gasteiger partial charge in [-0.05, 0) is 50.7 Å². The Morgan fingerprint density at radius 2 is 1.64 bits per heavy atom. The largest absolute Gasteiger partial charge is 0.489 e. The smallest absolute Gasteiger partial charge is 0.122 e.